The Hall–Kier alpha value is -2.62. The predicted octanol–water partition coefficient (Wildman–Crippen LogP) is 4.90. The summed E-state index contributed by atoms with van der Waals surface area (Å²) >= 11 is 7.37. The van der Waals surface area contributed by atoms with Crippen molar-refractivity contribution in [2.75, 3.05) is 23.0 Å². The van der Waals surface area contributed by atoms with Crippen molar-refractivity contribution in [2.45, 2.75) is 44.1 Å². The third kappa shape index (κ3) is 6.46. The highest BCUT2D eigenvalue weighted by atomic mass is 35.5. The Labute approximate surface area is 201 Å². The van der Waals surface area contributed by atoms with Crippen LogP contribution in [-0.4, -0.2) is 39.1 Å². The minimum Gasteiger partial charge on any atom is -0.378 e. The van der Waals surface area contributed by atoms with Gasteiger partial charge >= 0.3 is 0 Å². The van der Waals surface area contributed by atoms with Gasteiger partial charge in [0.05, 0.1) is 24.9 Å². The molecule has 1 saturated heterocycles. The van der Waals surface area contributed by atoms with Gasteiger partial charge in [0.25, 0.3) is 0 Å². The van der Waals surface area contributed by atoms with Crippen LogP contribution in [0, 0.1) is 12.7 Å². The average Bonchev–Trinajstić information content (AvgIpc) is 3.45. The van der Waals surface area contributed by atoms with E-state index in [1.54, 1.807) is 24.3 Å². The van der Waals surface area contributed by atoms with E-state index < -0.39 is 0 Å². The first-order chi connectivity index (χ1) is 16.0. The largest absolute Gasteiger partial charge is 0.378 e. The summed E-state index contributed by atoms with van der Waals surface area (Å²) in [5.41, 5.74) is 2.42. The average molecular weight is 490 g/mol. The van der Waals surface area contributed by atoms with E-state index in [2.05, 4.69) is 20.8 Å². The van der Waals surface area contributed by atoms with Gasteiger partial charge in [-0.2, -0.15) is 0 Å². The Balaban J connectivity index is 1.42. The van der Waals surface area contributed by atoms with Crippen LogP contribution in [0.4, 0.5) is 15.8 Å². The standard InChI is InChI=1S/C23H25ClFN5O2S/c1-15-4-5-16(24)11-20(15)27-22(31)14-33-23-29-28-21(30(23)13-19-3-2-10-32-19)12-26-18-8-6-17(25)7-9-18/h4-9,11,19,26H,2-3,10,12-14H2,1H3,(H,27,31)/t19-/m1/s1. The lowest BCUT2D eigenvalue weighted by Crippen LogP contribution is -2.20. The molecule has 1 aliphatic rings. The molecule has 1 aromatic heterocycles. The van der Waals surface area contributed by atoms with Crippen molar-refractivity contribution < 1.29 is 13.9 Å². The van der Waals surface area contributed by atoms with Crippen molar-refractivity contribution in [3.8, 4) is 0 Å². The van der Waals surface area contributed by atoms with Crippen molar-refractivity contribution >= 4 is 40.6 Å². The van der Waals surface area contributed by atoms with Crippen LogP contribution in [0.5, 0.6) is 0 Å². The van der Waals surface area contributed by atoms with E-state index in [0.717, 1.165) is 36.5 Å². The zero-order valence-electron chi connectivity index (χ0n) is 18.2. The summed E-state index contributed by atoms with van der Waals surface area (Å²) in [5, 5.41) is 16.0. The lowest BCUT2D eigenvalue weighted by atomic mass is 10.2. The summed E-state index contributed by atoms with van der Waals surface area (Å²) in [6, 6.07) is 11.5. The molecule has 3 aromatic rings. The van der Waals surface area contributed by atoms with Crippen molar-refractivity contribution in [1.29, 1.82) is 0 Å². The molecular formula is C23H25ClFN5O2S. The minimum atomic E-state index is -0.285. The number of thioether (sulfide) groups is 1. The van der Waals surface area contributed by atoms with Crippen LogP contribution in [-0.2, 0) is 22.6 Å². The van der Waals surface area contributed by atoms with Gasteiger partial charge in [-0.1, -0.05) is 29.4 Å². The number of anilines is 2. The number of aromatic nitrogens is 3. The van der Waals surface area contributed by atoms with E-state index in [0.29, 0.717) is 29.0 Å². The van der Waals surface area contributed by atoms with Gasteiger partial charge in [-0.15, -0.1) is 10.2 Å². The number of carbonyl (C=O) groups is 1. The Morgan fingerprint density at radius 3 is 2.85 bits per heavy atom. The van der Waals surface area contributed by atoms with Crippen molar-refractivity contribution in [2.24, 2.45) is 0 Å². The molecule has 33 heavy (non-hydrogen) atoms. The van der Waals surface area contributed by atoms with E-state index in [4.69, 9.17) is 16.3 Å². The van der Waals surface area contributed by atoms with Gasteiger partial charge in [-0.25, -0.2) is 4.39 Å². The zero-order chi connectivity index (χ0) is 23.2. The Kier molecular flexibility index (Phi) is 7.85. The van der Waals surface area contributed by atoms with Crippen LogP contribution in [0.15, 0.2) is 47.6 Å². The van der Waals surface area contributed by atoms with Crippen molar-refractivity contribution in [1.82, 2.24) is 14.8 Å². The normalized spacial score (nSPS) is 15.5. The quantitative estimate of drug-likeness (QED) is 0.416. The summed E-state index contributed by atoms with van der Waals surface area (Å²) in [4.78, 5) is 12.6. The van der Waals surface area contributed by atoms with Crippen LogP contribution in [0.3, 0.4) is 0 Å². The maximum atomic E-state index is 13.2. The van der Waals surface area contributed by atoms with E-state index in [-0.39, 0.29) is 23.6 Å². The number of nitrogens with one attached hydrogen (secondary N) is 2. The lowest BCUT2D eigenvalue weighted by Gasteiger charge is -2.15. The fraction of sp³-hybridized carbons (Fsp3) is 0.348. The van der Waals surface area contributed by atoms with E-state index >= 15 is 0 Å². The summed E-state index contributed by atoms with van der Waals surface area (Å²) < 4.78 is 21.0. The number of carbonyl (C=O) groups excluding carboxylic acids is 1. The van der Waals surface area contributed by atoms with Crippen LogP contribution in [0.2, 0.25) is 5.02 Å². The SMILES string of the molecule is Cc1ccc(Cl)cc1NC(=O)CSc1nnc(CNc2ccc(F)cc2)n1C[C@H]1CCCO1. The van der Waals surface area contributed by atoms with Gasteiger partial charge in [-0.3, -0.25) is 4.79 Å². The highest BCUT2D eigenvalue weighted by molar-refractivity contribution is 7.99. The monoisotopic (exact) mass is 489 g/mol. The number of hydrogen-bond donors (Lipinski definition) is 2. The first-order valence-electron chi connectivity index (χ1n) is 10.7. The first-order valence-corrected chi connectivity index (χ1v) is 12.1. The molecule has 0 bridgehead atoms. The highest BCUT2D eigenvalue weighted by Crippen LogP contribution is 2.24. The maximum absolute atomic E-state index is 13.2. The Morgan fingerprint density at radius 1 is 1.27 bits per heavy atom. The number of nitrogens with zero attached hydrogens (tertiary/aromatic N) is 3. The molecule has 1 fully saturated rings. The molecule has 10 heteroatoms. The molecule has 1 atom stereocenters. The van der Waals surface area contributed by atoms with E-state index in [1.165, 1.54) is 23.9 Å². The number of ether oxygens (including phenoxy) is 1. The number of rotatable bonds is 9. The highest BCUT2D eigenvalue weighted by Gasteiger charge is 2.21. The van der Waals surface area contributed by atoms with Gasteiger partial charge in [0, 0.05) is 23.0 Å². The summed E-state index contributed by atoms with van der Waals surface area (Å²) in [5.74, 6) is 0.472. The molecule has 2 heterocycles. The number of aryl methyl sites for hydroxylation is 1. The molecule has 1 amide bonds. The third-order valence-corrected chi connectivity index (χ3v) is 6.51. The maximum Gasteiger partial charge on any atom is 0.234 e. The van der Waals surface area contributed by atoms with Crippen LogP contribution in [0.25, 0.3) is 0 Å². The molecular weight excluding hydrogens is 465 g/mol. The topological polar surface area (TPSA) is 81.1 Å². The van der Waals surface area contributed by atoms with Crippen LogP contribution >= 0.6 is 23.4 Å². The second kappa shape index (κ2) is 11.0. The minimum absolute atomic E-state index is 0.0906. The number of hydrogen-bond acceptors (Lipinski definition) is 6. The predicted molar refractivity (Wildman–Crippen MR) is 128 cm³/mol. The van der Waals surface area contributed by atoms with Crippen LogP contribution in [0.1, 0.15) is 24.2 Å². The second-order valence-corrected chi connectivity index (χ2v) is 9.18. The van der Waals surface area contributed by atoms with Gasteiger partial charge < -0.3 is 19.9 Å². The zero-order valence-corrected chi connectivity index (χ0v) is 19.8. The van der Waals surface area contributed by atoms with Gasteiger partial charge in [-0.05, 0) is 61.7 Å². The Morgan fingerprint density at radius 2 is 2.09 bits per heavy atom. The van der Waals surface area contributed by atoms with Crippen LogP contribution < -0.4 is 10.6 Å². The summed E-state index contributed by atoms with van der Waals surface area (Å²) in [6.45, 7) is 3.70. The van der Waals surface area contributed by atoms with E-state index in [1.807, 2.05) is 17.6 Å². The van der Waals surface area contributed by atoms with Gasteiger partial charge in [0.15, 0.2) is 11.0 Å². The molecule has 7 nitrogen and oxygen atoms in total. The van der Waals surface area contributed by atoms with Crippen molar-refractivity contribution in [3.05, 3.63) is 64.7 Å². The second-order valence-electron chi connectivity index (χ2n) is 7.80. The molecule has 0 saturated carbocycles. The molecule has 0 unspecified atom stereocenters. The fourth-order valence-corrected chi connectivity index (χ4v) is 4.46. The summed E-state index contributed by atoms with van der Waals surface area (Å²) in [7, 11) is 0. The summed E-state index contributed by atoms with van der Waals surface area (Å²) in [6.07, 6.45) is 2.09. The molecule has 0 spiro atoms. The van der Waals surface area contributed by atoms with Gasteiger partial charge in [0.2, 0.25) is 5.91 Å². The molecule has 4 rings (SSSR count). The molecule has 1 aliphatic heterocycles. The molecule has 174 valence electrons. The molecule has 0 aliphatic carbocycles. The smallest absolute Gasteiger partial charge is 0.234 e. The fourth-order valence-electron chi connectivity index (χ4n) is 3.53. The molecule has 0 radical (unpaired) electrons. The lowest BCUT2D eigenvalue weighted by molar-refractivity contribution is -0.113. The van der Waals surface area contributed by atoms with Gasteiger partial charge in [0.1, 0.15) is 5.82 Å². The number of halogens is 2. The third-order valence-electron chi connectivity index (χ3n) is 5.30. The molecule has 2 N–H and O–H groups in total. The number of amides is 1. The van der Waals surface area contributed by atoms with Crippen molar-refractivity contribution in [3.63, 3.8) is 0 Å². The Bertz CT molecular complexity index is 1100. The van der Waals surface area contributed by atoms with E-state index in [9.17, 15) is 9.18 Å². The first kappa shape index (κ1) is 23.5. The number of benzene rings is 2. The molecule has 2 aromatic carbocycles.